The average Bonchev–Trinajstić information content (AvgIpc) is 2.34. The summed E-state index contributed by atoms with van der Waals surface area (Å²) in [5.74, 6) is -0.301. The molecule has 2 rings (SSSR count). The van der Waals surface area contributed by atoms with Crippen molar-refractivity contribution < 1.29 is 8.82 Å². The molecule has 0 amide bonds. The molecule has 0 spiro atoms. The SMILES string of the molecule is C[Si](C)(C)OC(C#N)c1cccc2ccc(F)cc12. The fourth-order valence-electron chi connectivity index (χ4n) is 2.01. The second-order valence-corrected chi connectivity index (χ2v) is 9.91. The first-order chi connectivity index (χ1) is 8.90. The molecule has 0 aromatic heterocycles. The maximum absolute atomic E-state index is 13.4. The molecule has 0 aliphatic carbocycles. The van der Waals surface area contributed by atoms with Crippen LogP contribution in [0.15, 0.2) is 36.4 Å². The molecule has 0 aliphatic rings. The number of hydrogen-bond acceptors (Lipinski definition) is 2. The summed E-state index contributed by atoms with van der Waals surface area (Å²) in [5.41, 5.74) is 0.738. The molecule has 2 aromatic rings. The summed E-state index contributed by atoms with van der Waals surface area (Å²) in [5, 5.41) is 11.0. The number of benzene rings is 2. The zero-order valence-corrected chi connectivity index (χ0v) is 12.3. The topological polar surface area (TPSA) is 33.0 Å². The number of fused-ring (bicyclic) bond motifs is 1. The minimum atomic E-state index is -1.84. The van der Waals surface area contributed by atoms with Gasteiger partial charge in [0.1, 0.15) is 5.82 Å². The predicted octanol–water partition coefficient (Wildman–Crippen LogP) is 4.40. The van der Waals surface area contributed by atoms with Gasteiger partial charge in [0.05, 0.1) is 6.07 Å². The Morgan fingerprint density at radius 1 is 1.21 bits per heavy atom. The lowest BCUT2D eigenvalue weighted by atomic mass is 10.0. The molecule has 0 N–H and O–H groups in total. The standard InChI is InChI=1S/C15H16FNOSi/c1-19(2,3)18-15(10-17)13-6-4-5-11-7-8-12(16)9-14(11)13/h4-9,15H,1-3H3. The normalized spacial score (nSPS) is 13.2. The highest BCUT2D eigenvalue weighted by Gasteiger charge is 2.23. The summed E-state index contributed by atoms with van der Waals surface area (Å²) in [4.78, 5) is 0. The smallest absolute Gasteiger partial charge is 0.186 e. The van der Waals surface area contributed by atoms with Crippen LogP contribution in [0, 0.1) is 17.1 Å². The van der Waals surface area contributed by atoms with Crippen LogP contribution in [-0.4, -0.2) is 8.32 Å². The van der Waals surface area contributed by atoms with Crippen LogP contribution < -0.4 is 0 Å². The highest BCUT2D eigenvalue weighted by molar-refractivity contribution is 6.69. The van der Waals surface area contributed by atoms with E-state index in [2.05, 4.69) is 6.07 Å². The van der Waals surface area contributed by atoms with Crippen LogP contribution in [0.5, 0.6) is 0 Å². The summed E-state index contributed by atoms with van der Waals surface area (Å²) < 4.78 is 19.3. The molecule has 0 saturated carbocycles. The summed E-state index contributed by atoms with van der Waals surface area (Å²) in [6, 6.07) is 12.4. The minimum absolute atomic E-state index is 0.301. The largest absolute Gasteiger partial charge is 0.399 e. The monoisotopic (exact) mass is 273 g/mol. The molecule has 0 bridgehead atoms. The van der Waals surface area contributed by atoms with Crippen LogP contribution >= 0.6 is 0 Å². The van der Waals surface area contributed by atoms with Gasteiger partial charge >= 0.3 is 0 Å². The van der Waals surface area contributed by atoms with Crippen molar-refractivity contribution in [3.05, 3.63) is 47.8 Å². The minimum Gasteiger partial charge on any atom is -0.399 e. The Hall–Kier alpha value is -1.70. The molecule has 1 atom stereocenters. The first kappa shape index (κ1) is 13.7. The van der Waals surface area contributed by atoms with Gasteiger partial charge in [-0.15, -0.1) is 0 Å². The fourth-order valence-corrected chi connectivity index (χ4v) is 2.90. The van der Waals surface area contributed by atoms with Crippen LogP contribution in [0.1, 0.15) is 11.7 Å². The van der Waals surface area contributed by atoms with E-state index in [0.29, 0.717) is 0 Å². The summed E-state index contributed by atoms with van der Waals surface area (Å²) >= 11 is 0. The van der Waals surface area contributed by atoms with Crippen LogP contribution in [0.3, 0.4) is 0 Å². The van der Waals surface area contributed by atoms with Gasteiger partial charge in [-0.3, -0.25) is 0 Å². The highest BCUT2D eigenvalue weighted by atomic mass is 28.4. The van der Waals surface area contributed by atoms with Crippen molar-refractivity contribution in [3.63, 3.8) is 0 Å². The zero-order valence-electron chi connectivity index (χ0n) is 11.3. The Kier molecular flexibility index (Phi) is 3.70. The second kappa shape index (κ2) is 5.12. The van der Waals surface area contributed by atoms with Crippen molar-refractivity contribution in [3.8, 4) is 6.07 Å². The molecular weight excluding hydrogens is 257 g/mol. The quantitative estimate of drug-likeness (QED) is 0.777. The van der Waals surface area contributed by atoms with Gasteiger partial charge in [0.25, 0.3) is 0 Å². The fraction of sp³-hybridized carbons (Fsp3) is 0.267. The van der Waals surface area contributed by atoms with Crippen LogP contribution in [0.4, 0.5) is 4.39 Å². The highest BCUT2D eigenvalue weighted by Crippen LogP contribution is 2.29. The van der Waals surface area contributed by atoms with E-state index in [-0.39, 0.29) is 5.82 Å². The number of hydrogen-bond donors (Lipinski definition) is 0. The summed E-state index contributed by atoms with van der Waals surface area (Å²) in [6.45, 7) is 6.09. The van der Waals surface area contributed by atoms with E-state index in [1.807, 2.05) is 37.8 Å². The van der Waals surface area contributed by atoms with Crippen molar-refractivity contribution in [1.82, 2.24) is 0 Å². The zero-order chi connectivity index (χ0) is 14.0. The summed E-state index contributed by atoms with van der Waals surface area (Å²) in [6.07, 6.45) is -0.642. The van der Waals surface area contributed by atoms with Gasteiger partial charge in [0.15, 0.2) is 14.4 Å². The third kappa shape index (κ3) is 3.19. The molecule has 19 heavy (non-hydrogen) atoms. The van der Waals surface area contributed by atoms with Gasteiger partial charge in [0, 0.05) is 5.56 Å². The number of rotatable bonds is 3. The lowest BCUT2D eigenvalue weighted by Gasteiger charge is -2.22. The number of halogens is 1. The Labute approximate surface area is 113 Å². The first-order valence-corrected chi connectivity index (χ1v) is 9.57. The van der Waals surface area contributed by atoms with E-state index in [1.54, 1.807) is 6.07 Å². The van der Waals surface area contributed by atoms with Crippen molar-refractivity contribution >= 4 is 19.1 Å². The molecule has 2 nitrogen and oxygen atoms in total. The molecule has 0 heterocycles. The Balaban J connectivity index is 2.55. The van der Waals surface area contributed by atoms with Gasteiger partial charge in [-0.2, -0.15) is 5.26 Å². The Morgan fingerprint density at radius 2 is 1.95 bits per heavy atom. The van der Waals surface area contributed by atoms with Crippen molar-refractivity contribution in [1.29, 1.82) is 5.26 Å². The van der Waals surface area contributed by atoms with Crippen molar-refractivity contribution in [2.75, 3.05) is 0 Å². The van der Waals surface area contributed by atoms with Gasteiger partial charge in [-0.25, -0.2) is 4.39 Å². The first-order valence-electron chi connectivity index (χ1n) is 6.16. The molecule has 0 aliphatic heterocycles. The van der Waals surface area contributed by atoms with Crippen molar-refractivity contribution in [2.24, 2.45) is 0 Å². The van der Waals surface area contributed by atoms with E-state index in [9.17, 15) is 9.65 Å². The molecule has 98 valence electrons. The van der Waals surface area contributed by atoms with E-state index in [4.69, 9.17) is 4.43 Å². The van der Waals surface area contributed by atoms with Crippen LogP contribution in [0.25, 0.3) is 10.8 Å². The van der Waals surface area contributed by atoms with E-state index in [1.165, 1.54) is 12.1 Å². The molecule has 0 fully saturated rings. The Bertz CT molecular complexity index is 643. The third-order valence-electron chi connectivity index (χ3n) is 2.75. The number of nitrogens with zero attached hydrogens (tertiary/aromatic N) is 1. The molecule has 2 aromatic carbocycles. The molecule has 0 radical (unpaired) electrons. The molecule has 4 heteroatoms. The van der Waals surface area contributed by atoms with E-state index in [0.717, 1.165) is 16.3 Å². The maximum atomic E-state index is 13.4. The molecule has 0 saturated heterocycles. The van der Waals surface area contributed by atoms with Gasteiger partial charge in [0.2, 0.25) is 0 Å². The van der Waals surface area contributed by atoms with Gasteiger partial charge in [-0.1, -0.05) is 24.3 Å². The third-order valence-corrected chi connectivity index (χ3v) is 3.69. The second-order valence-electron chi connectivity index (χ2n) is 5.45. The molecular formula is C15H16FNOSi. The number of nitriles is 1. The van der Waals surface area contributed by atoms with Crippen LogP contribution in [0.2, 0.25) is 19.6 Å². The lowest BCUT2D eigenvalue weighted by Crippen LogP contribution is -2.27. The summed E-state index contributed by atoms with van der Waals surface area (Å²) in [7, 11) is -1.84. The average molecular weight is 273 g/mol. The Morgan fingerprint density at radius 3 is 2.58 bits per heavy atom. The lowest BCUT2D eigenvalue weighted by molar-refractivity contribution is 0.256. The van der Waals surface area contributed by atoms with Gasteiger partial charge in [-0.05, 0) is 42.5 Å². The van der Waals surface area contributed by atoms with Crippen LogP contribution in [-0.2, 0) is 4.43 Å². The predicted molar refractivity (Wildman–Crippen MR) is 76.7 cm³/mol. The van der Waals surface area contributed by atoms with Crippen molar-refractivity contribution in [2.45, 2.75) is 25.7 Å². The maximum Gasteiger partial charge on any atom is 0.186 e. The van der Waals surface area contributed by atoms with E-state index >= 15 is 0 Å². The van der Waals surface area contributed by atoms with Gasteiger partial charge < -0.3 is 4.43 Å². The molecule has 1 unspecified atom stereocenters. The van der Waals surface area contributed by atoms with E-state index < -0.39 is 14.4 Å².